The van der Waals surface area contributed by atoms with Crippen LogP contribution >= 0.6 is 21.8 Å². The molecule has 144 valence electrons. The molecule has 0 radical (unpaired) electrons. The normalized spacial score (nSPS) is 21.3. The van der Waals surface area contributed by atoms with Crippen LogP contribution in [-0.2, 0) is 4.74 Å². The Hall–Kier alpha value is -0.760. The summed E-state index contributed by atoms with van der Waals surface area (Å²) in [5.41, 5.74) is 0.821. The number of nitrogens with zero attached hydrogens (tertiary/aromatic N) is 2. The highest BCUT2D eigenvalue weighted by atomic mass is 32.3. The molecule has 1 fully saturated rings. The Balaban J connectivity index is 0.000000333. The van der Waals surface area contributed by atoms with Crippen molar-refractivity contribution in [2.75, 3.05) is 43.6 Å². The van der Waals surface area contributed by atoms with Crippen molar-refractivity contribution in [1.82, 2.24) is 9.97 Å². The Morgan fingerprint density at radius 3 is 2.36 bits per heavy atom. The fourth-order valence-electron chi connectivity index (χ4n) is 1.59. The molecule has 5 nitrogen and oxygen atoms in total. The second-order valence-electron chi connectivity index (χ2n) is 7.67. The van der Waals surface area contributed by atoms with E-state index in [1.54, 1.807) is 12.3 Å². The van der Waals surface area contributed by atoms with Crippen molar-refractivity contribution in [2.45, 2.75) is 42.8 Å². The fourth-order valence-corrected chi connectivity index (χ4v) is 1.94. The maximum absolute atomic E-state index is 9.68. The van der Waals surface area contributed by atoms with E-state index in [0.717, 1.165) is 5.56 Å². The van der Waals surface area contributed by atoms with E-state index in [1.165, 1.54) is 11.8 Å². The minimum absolute atomic E-state index is 0.127. The van der Waals surface area contributed by atoms with Crippen molar-refractivity contribution in [3.05, 3.63) is 18.3 Å². The molecule has 2 atom stereocenters. The summed E-state index contributed by atoms with van der Waals surface area (Å²) in [7, 11) is -0.340. The predicted molar refractivity (Wildman–Crippen MR) is 113 cm³/mol. The minimum Gasteiger partial charge on any atom is -0.388 e. The molecule has 0 saturated carbocycles. The summed E-state index contributed by atoms with van der Waals surface area (Å²) in [6, 6.07) is -0.127. The van der Waals surface area contributed by atoms with Crippen LogP contribution in [0, 0.1) is 0 Å². The molecule has 1 aliphatic heterocycles. The van der Waals surface area contributed by atoms with E-state index in [-0.39, 0.29) is 16.1 Å². The number of ether oxygens (including phenoxy) is 1. The van der Waals surface area contributed by atoms with Crippen LogP contribution in [0.2, 0.25) is 0 Å². The van der Waals surface area contributed by atoms with Gasteiger partial charge in [-0.25, -0.2) is 20.0 Å². The van der Waals surface area contributed by atoms with Crippen LogP contribution in [0.1, 0.15) is 26.3 Å². The fraction of sp³-hybridized carbons (Fsp3) is 0.667. The highest BCUT2D eigenvalue weighted by Gasteiger charge is 2.27. The molecule has 1 aromatic heterocycles. The first-order valence-electron chi connectivity index (χ1n) is 8.23. The highest BCUT2D eigenvalue weighted by Crippen LogP contribution is 2.48. The number of thioether (sulfide) groups is 1. The van der Waals surface area contributed by atoms with E-state index in [9.17, 15) is 5.11 Å². The molecule has 1 aromatic rings. The molecule has 0 spiro atoms. The Morgan fingerprint density at radius 2 is 1.96 bits per heavy atom. The highest BCUT2D eigenvalue weighted by molar-refractivity contribution is 8.33. The zero-order chi connectivity index (χ0) is 19.3. The molecular weight excluding hydrogens is 354 g/mol. The van der Waals surface area contributed by atoms with Gasteiger partial charge in [0.05, 0.1) is 25.4 Å². The second kappa shape index (κ2) is 9.26. The lowest BCUT2D eigenvalue weighted by molar-refractivity contribution is 0.125. The van der Waals surface area contributed by atoms with Crippen LogP contribution in [-0.4, -0.2) is 70.2 Å². The van der Waals surface area contributed by atoms with Gasteiger partial charge in [-0.15, -0.1) is 0 Å². The smallest absolute Gasteiger partial charge is 0.189 e. The molecule has 2 unspecified atom stereocenters. The number of anilines is 1. The molecule has 2 heterocycles. The third-order valence-electron chi connectivity index (χ3n) is 4.41. The average molecular weight is 388 g/mol. The first-order chi connectivity index (χ1) is 11.5. The number of aromatic nitrogens is 2. The number of hydrogen-bond donors (Lipinski definition) is 2. The van der Waals surface area contributed by atoms with Gasteiger partial charge in [0.1, 0.15) is 5.82 Å². The van der Waals surface area contributed by atoms with Gasteiger partial charge in [0.25, 0.3) is 0 Å². The Bertz CT molecular complexity index is 556. The van der Waals surface area contributed by atoms with Crippen LogP contribution in [0.5, 0.6) is 0 Å². The van der Waals surface area contributed by atoms with Gasteiger partial charge in [0, 0.05) is 11.8 Å². The number of nitrogens with one attached hydrogen (secondary N) is 1. The van der Waals surface area contributed by atoms with E-state index in [1.807, 2.05) is 6.26 Å². The number of hydrogen-bond acceptors (Lipinski definition) is 6. The van der Waals surface area contributed by atoms with Gasteiger partial charge in [0.15, 0.2) is 5.16 Å². The van der Waals surface area contributed by atoms with Gasteiger partial charge in [-0.1, -0.05) is 45.2 Å². The number of aliphatic hydroxyl groups is 1. The second-order valence-corrected chi connectivity index (χ2v) is 13.3. The predicted octanol–water partition coefficient (Wildman–Crippen LogP) is 3.49. The summed E-state index contributed by atoms with van der Waals surface area (Å²) < 4.78 is 5.71. The molecule has 7 heteroatoms. The molecule has 2 rings (SSSR count). The van der Waals surface area contributed by atoms with Crippen molar-refractivity contribution in [1.29, 1.82) is 0 Å². The van der Waals surface area contributed by atoms with E-state index in [0.29, 0.717) is 28.9 Å². The van der Waals surface area contributed by atoms with Crippen LogP contribution in [0.4, 0.5) is 5.82 Å². The van der Waals surface area contributed by atoms with Gasteiger partial charge < -0.3 is 15.2 Å². The summed E-state index contributed by atoms with van der Waals surface area (Å²) in [4.78, 5) is 8.53. The van der Waals surface area contributed by atoms with Gasteiger partial charge in [0.2, 0.25) is 0 Å². The first kappa shape index (κ1) is 22.3. The molecule has 1 aliphatic rings. The molecule has 25 heavy (non-hydrogen) atoms. The zero-order valence-electron chi connectivity index (χ0n) is 16.5. The van der Waals surface area contributed by atoms with Crippen molar-refractivity contribution in [3.63, 3.8) is 0 Å². The molecule has 0 aromatic carbocycles. The molecular formula is C18H33N3O2S2. The average Bonchev–Trinajstić information content (AvgIpc) is 2.91. The Morgan fingerprint density at radius 1 is 1.36 bits per heavy atom. The van der Waals surface area contributed by atoms with Crippen molar-refractivity contribution < 1.29 is 9.84 Å². The summed E-state index contributed by atoms with van der Waals surface area (Å²) in [5.74, 6) is 0.689. The number of rotatable bonds is 4. The Kier molecular flexibility index (Phi) is 8.25. The number of aliphatic hydroxyl groups excluding tert-OH is 1. The van der Waals surface area contributed by atoms with Crippen LogP contribution in [0.3, 0.4) is 0 Å². The van der Waals surface area contributed by atoms with E-state index in [2.05, 4.69) is 61.4 Å². The molecule has 0 amide bonds. The molecule has 1 saturated heterocycles. The first-order valence-corrected chi connectivity index (χ1v) is 12.3. The van der Waals surface area contributed by atoms with Gasteiger partial charge in [-0.2, -0.15) is 0 Å². The molecule has 2 N–H and O–H groups in total. The van der Waals surface area contributed by atoms with Crippen molar-refractivity contribution >= 4 is 33.7 Å². The lowest BCUT2D eigenvalue weighted by Gasteiger charge is -2.40. The van der Waals surface area contributed by atoms with Crippen LogP contribution < -0.4 is 5.32 Å². The van der Waals surface area contributed by atoms with Gasteiger partial charge in [-0.05, 0) is 29.8 Å². The zero-order valence-corrected chi connectivity index (χ0v) is 18.1. The standard InChI is InChI=1S/C11H15N3O2S.C7H18S/c1-3-7-4-12-11(17-2)14-10(7)13-8-5-16-6-9(8)15;1-7(2,3)8(4,5)6/h3-4,8-9,15H,1,5-6H2,2H3,(H,12,13,14);1-6H3. The lowest BCUT2D eigenvalue weighted by atomic mass is 10.2. The van der Waals surface area contributed by atoms with Crippen LogP contribution in [0.15, 0.2) is 17.9 Å². The molecule has 0 aliphatic carbocycles. The van der Waals surface area contributed by atoms with Crippen LogP contribution in [0.25, 0.3) is 6.08 Å². The Labute approximate surface area is 158 Å². The quantitative estimate of drug-likeness (QED) is 0.609. The van der Waals surface area contributed by atoms with Gasteiger partial charge in [-0.3, -0.25) is 0 Å². The van der Waals surface area contributed by atoms with Crippen molar-refractivity contribution in [3.8, 4) is 0 Å². The van der Waals surface area contributed by atoms with E-state index in [4.69, 9.17) is 4.74 Å². The summed E-state index contributed by atoms with van der Waals surface area (Å²) in [6.07, 6.45) is 11.9. The van der Waals surface area contributed by atoms with E-state index >= 15 is 0 Å². The summed E-state index contributed by atoms with van der Waals surface area (Å²) in [5, 5.41) is 13.5. The topological polar surface area (TPSA) is 67.3 Å². The summed E-state index contributed by atoms with van der Waals surface area (Å²) >= 11 is 1.47. The maximum atomic E-state index is 9.68. The lowest BCUT2D eigenvalue weighted by Crippen LogP contribution is -2.32. The molecule has 0 bridgehead atoms. The third kappa shape index (κ3) is 6.81. The summed E-state index contributed by atoms with van der Waals surface area (Å²) in [6.45, 7) is 11.5. The van der Waals surface area contributed by atoms with Crippen molar-refractivity contribution in [2.24, 2.45) is 0 Å². The minimum atomic E-state index is -0.500. The third-order valence-corrected chi connectivity index (χ3v) is 8.64. The maximum Gasteiger partial charge on any atom is 0.189 e. The van der Waals surface area contributed by atoms with E-state index < -0.39 is 6.10 Å². The monoisotopic (exact) mass is 387 g/mol. The largest absolute Gasteiger partial charge is 0.388 e. The van der Waals surface area contributed by atoms with Gasteiger partial charge >= 0.3 is 0 Å². The SMILES string of the molecule is C=Cc1cnc(SC)nc1NC1COCC1O.CC(C)(C)S(C)(C)C.